The molecule has 0 bridgehead atoms. The SMILES string of the molecule is CC(C)C[C@@H]([C@H](C)C(=O)O)N(C)C(=O)OCc1ccccc1. The van der Waals surface area contributed by atoms with Crippen LogP contribution in [0.4, 0.5) is 4.79 Å². The van der Waals surface area contributed by atoms with Crippen molar-refractivity contribution in [2.75, 3.05) is 7.05 Å². The lowest BCUT2D eigenvalue weighted by Gasteiger charge is -2.31. The van der Waals surface area contributed by atoms with Gasteiger partial charge in [-0.1, -0.05) is 44.2 Å². The fourth-order valence-corrected chi connectivity index (χ4v) is 2.30. The minimum absolute atomic E-state index is 0.180. The lowest BCUT2D eigenvalue weighted by molar-refractivity contribution is -0.143. The number of nitrogens with zero attached hydrogens (tertiary/aromatic N) is 1. The number of hydrogen-bond donors (Lipinski definition) is 1. The molecule has 0 heterocycles. The molecule has 0 saturated carbocycles. The molecule has 5 heteroatoms. The van der Waals surface area contributed by atoms with Crippen LogP contribution in [0.1, 0.15) is 32.8 Å². The van der Waals surface area contributed by atoms with Crippen molar-refractivity contribution in [1.29, 1.82) is 0 Å². The van der Waals surface area contributed by atoms with E-state index in [2.05, 4.69) is 0 Å². The first kappa shape index (κ1) is 18.0. The van der Waals surface area contributed by atoms with Crippen LogP contribution in [0.25, 0.3) is 0 Å². The lowest BCUT2D eigenvalue weighted by atomic mass is 9.92. The zero-order valence-corrected chi connectivity index (χ0v) is 13.7. The van der Waals surface area contributed by atoms with Crippen molar-refractivity contribution in [2.45, 2.75) is 39.8 Å². The molecule has 1 aromatic carbocycles. The molecule has 1 rings (SSSR count). The summed E-state index contributed by atoms with van der Waals surface area (Å²) in [4.78, 5) is 24.8. The highest BCUT2D eigenvalue weighted by Crippen LogP contribution is 2.20. The Bertz CT molecular complexity index is 487. The van der Waals surface area contributed by atoms with Gasteiger partial charge in [-0.3, -0.25) is 4.79 Å². The summed E-state index contributed by atoms with van der Waals surface area (Å²) in [6.45, 7) is 5.81. The van der Waals surface area contributed by atoms with Gasteiger partial charge in [0.15, 0.2) is 0 Å². The minimum Gasteiger partial charge on any atom is -0.481 e. The molecule has 0 aliphatic carbocycles. The second-order valence-electron chi connectivity index (χ2n) is 5.97. The molecular weight excluding hydrogens is 282 g/mol. The van der Waals surface area contributed by atoms with Crippen molar-refractivity contribution in [2.24, 2.45) is 11.8 Å². The summed E-state index contributed by atoms with van der Waals surface area (Å²) in [5.74, 6) is -1.26. The fraction of sp³-hybridized carbons (Fsp3) is 0.529. The molecule has 0 aromatic heterocycles. The molecular formula is C17H25NO4. The van der Waals surface area contributed by atoms with Crippen LogP contribution >= 0.6 is 0 Å². The zero-order chi connectivity index (χ0) is 16.7. The molecule has 0 spiro atoms. The number of carboxylic acid groups (broad SMARTS) is 1. The van der Waals surface area contributed by atoms with Gasteiger partial charge in [0.25, 0.3) is 0 Å². The third-order valence-corrected chi connectivity index (χ3v) is 3.67. The molecule has 122 valence electrons. The van der Waals surface area contributed by atoms with Gasteiger partial charge in [-0.25, -0.2) is 4.79 Å². The summed E-state index contributed by atoms with van der Waals surface area (Å²) in [6, 6.07) is 9.00. The van der Waals surface area contributed by atoms with Gasteiger partial charge in [0, 0.05) is 13.1 Å². The summed E-state index contributed by atoms with van der Waals surface area (Å²) in [7, 11) is 1.60. The first-order chi connectivity index (χ1) is 10.3. The van der Waals surface area contributed by atoms with E-state index in [1.54, 1.807) is 14.0 Å². The number of rotatable bonds is 7. The maximum atomic E-state index is 12.2. The van der Waals surface area contributed by atoms with Gasteiger partial charge < -0.3 is 14.7 Å². The first-order valence-corrected chi connectivity index (χ1v) is 7.49. The predicted molar refractivity (Wildman–Crippen MR) is 84.4 cm³/mol. The Balaban J connectivity index is 2.69. The van der Waals surface area contributed by atoms with Gasteiger partial charge in [0.05, 0.1) is 5.92 Å². The van der Waals surface area contributed by atoms with Crippen LogP contribution in [0.3, 0.4) is 0 Å². The van der Waals surface area contributed by atoms with E-state index in [1.165, 1.54) is 4.90 Å². The van der Waals surface area contributed by atoms with Crippen LogP contribution in [0.2, 0.25) is 0 Å². The molecule has 0 unspecified atom stereocenters. The molecule has 1 amide bonds. The Hall–Kier alpha value is -2.04. The average Bonchev–Trinajstić information content (AvgIpc) is 2.49. The molecule has 0 fully saturated rings. The lowest BCUT2D eigenvalue weighted by Crippen LogP contribution is -2.44. The third kappa shape index (κ3) is 5.39. The van der Waals surface area contributed by atoms with Crippen LogP contribution in [0.5, 0.6) is 0 Å². The summed E-state index contributed by atoms with van der Waals surface area (Å²) in [5.41, 5.74) is 0.899. The largest absolute Gasteiger partial charge is 0.481 e. The minimum atomic E-state index is -0.909. The first-order valence-electron chi connectivity index (χ1n) is 7.49. The van der Waals surface area contributed by atoms with Crippen LogP contribution in [0.15, 0.2) is 30.3 Å². The van der Waals surface area contributed by atoms with E-state index in [0.29, 0.717) is 6.42 Å². The number of amides is 1. The Morgan fingerprint density at radius 3 is 2.27 bits per heavy atom. The van der Waals surface area contributed by atoms with E-state index in [1.807, 2.05) is 44.2 Å². The summed E-state index contributed by atoms with van der Waals surface area (Å²) < 4.78 is 5.28. The average molecular weight is 307 g/mol. The molecule has 1 aromatic rings. The summed E-state index contributed by atoms with van der Waals surface area (Å²) in [5, 5.41) is 9.23. The van der Waals surface area contributed by atoms with Gasteiger partial charge in [0.2, 0.25) is 0 Å². The zero-order valence-electron chi connectivity index (χ0n) is 13.7. The highest BCUT2D eigenvalue weighted by molar-refractivity contribution is 5.73. The highest BCUT2D eigenvalue weighted by Gasteiger charge is 2.31. The van der Waals surface area contributed by atoms with Crippen LogP contribution in [-0.2, 0) is 16.1 Å². The maximum Gasteiger partial charge on any atom is 0.410 e. The van der Waals surface area contributed by atoms with Crippen molar-refractivity contribution in [3.05, 3.63) is 35.9 Å². The number of hydrogen-bond acceptors (Lipinski definition) is 3. The number of carbonyl (C=O) groups is 2. The van der Waals surface area contributed by atoms with Gasteiger partial charge in [-0.05, 0) is 24.8 Å². The maximum absolute atomic E-state index is 12.2. The number of benzene rings is 1. The molecule has 1 N–H and O–H groups in total. The third-order valence-electron chi connectivity index (χ3n) is 3.67. The molecule has 0 saturated heterocycles. The second-order valence-corrected chi connectivity index (χ2v) is 5.97. The van der Waals surface area contributed by atoms with Crippen LogP contribution in [-0.4, -0.2) is 35.2 Å². The van der Waals surface area contributed by atoms with Gasteiger partial charge >= 0.3 is 12.1 Å². The van der Waals surface area contributed by atoms with Crippen LogP contribution < -0.4 is 0 Å². The summed E-state index contributed by atoms with van der Waals surface area (Å²) >= 11 is 0. The van der Waals surface area contributed by atoms with E-state index >= 15 is 0 Å². The molecule has 2 atom stereocenters. The predicted octanol–water partition coefficient (Wildman–Crippen LogP) is 3.39. The second kappa shape index (κ2) is 8.41. The highest BCUT2D eigenvalue weighted by atomic mass is 16.6. The standard InChI is InChI=1S/C17H25NO4/c1-12(2)10-15(13(3)16(19)20)18(4)17(21)22-11-14-8-6-5-7-9-14/h5-9,12-13,15H,10-11H2,1-4H3,(H,19,20)/t13-,15-/m0/s1. The Kier molecular flexibility index (Phi) is 6.89. The molecule has 0 aliphatic heterocycles. The van der Waals surface area contributed by atoms with E-state index in [0.717, 1.165) is 5.56 Å². The van der Waals surface area contributed by atoms with Crippen molar-refractivity contribution in [3.8, 4) is 0 Å². The van der Waals surface area contributed by atoms with Crippen molar-refractivity contribution in [3.63, 3.8) is 0 Å². The van der Waals surface area contributed by atoms with E-state index in [4.69, 9.17) is 4.74 Å². The number of carbonyl (C=O) groups excluding carboxylic acids is 1. The topological polar surface area (TPSA) is 66.8 Å². The number of aliphatic carboxylic acids is 1. The molecule has 0 aliphatic rings. The normalized spacial score (nSPS) is 13.5. The number of carboxylic acids is 1. The van der Waals surface area contributed by atoms with E-state index in [9.17, 15) is 14.7 Å². The molecule has 0 radical (unpaired) electrons. The quantitative estimate of drug-likeness (QED) is 0.838. The molecule has 5 nitrogen and oxygen atoms in total. The van der Waals surface area contributed by atoms with E-state index in [-0.39, 0.29) is 18.6 Å². The van der Waals surface area contributed by atoms with E-state index < -0.39 is 18.0 Å². The summed E-state index contributed by atoms with van der Waals surface area (Å²) in [6.07, 6.45) is 0.118. The Morgan fingerprint density at radius 2 is 1.77 bits per heavy atom. The van der Waals surface area contributed by atoms with Crippen molar-refractivity contribution >= 4 is 12.1 Å². The smallest absolute Gasteiger partial charge is 0.410 e. The Morgan fingerprint density at radius 1 is 1.18 bits per heavy atom. The monoisotopic (exact) mass is 307 g/mol. The number of ether oxygens (including phenoxy) is 1. The van der Waals surface area contributed by atoms with Crippen molar-refractivity contribution in [1.82, 2.24) is 4.90 Å². The van der Waals surface area contributed by atoms with Crippen molar-refractivity contribution < 1.29 is 19.4 Å². The molecule has 22 heavy (non-hydrogen) atoms. The van der Waals surface area contributed by atoms with Gasteiger partial charge in [-0.15, -0.1) is 0 Å². The van der Waals surface area contributed by atoms with Gasteiger partial charge in [0.1, 0.15) is 6.61 Å². The fourth-order valence-electron chi connectivity index (χ4n) is 2.30. The Labute approximate surface area is 131 Å². The van der Waals surface area contributed by atoms with Gasteiger partial charge in [-0.2, -0.15) is 0 Å². The van der Waals surface area contributed by atoms with Crippen LogP contribution in [0, 0.1) is 11.8 Å².